The average Bonchev–Trinajstić information content (AvgIpc) is 3.29. The Balaban J connectivity index is 1.92. The number of aromatic nitrogens is 2. The molecule has 31 heavy (non-hydrogen) atoms. The summed E-state index contributed by atoms with van der Waals surface area (Å²) < 4.78 is 9.31. The predicted octanol–water partition coefficient (Wildman–Crippen LogP) is 6.02. The summed E-state index contributed by atoms with van der Waals surface area (Å²) in [4.78, 5) is 16.4. The molecule has 0 saturated heterocycles. The van der Waals surface area contributed by atoms with Crippen LogP contribution in [0.3, 0.4) is 0 Å². The lowest BCUT2D eigenvalue weighted by molar-refractivity contribution is 0.0824. The first-order valence-corrected chi connectivity index (χ1v) is 12.0. The van der Waals surface area contributed by atoms with E-state index in [9.17, 15) is 9.90 Å². The Kier molecular flexibility index (Phi) is 6.92. The van der Waals surface area contributed by atoms with Crippen molar-refractivity contribution >= 4 is 62.2 Å². The van der Waals surface area contributed by atoms with Crippen molar-refractivity contribution in [2.75, 3.05) is 24.7 Å². The van der Waals surface area contributed by atoms with Gasteiger partial charge in [0.25, 0.3) is 5.91 Å². The minimum Gasteiger partial charge on any atom is -0.505 e. The second-order valence-corrected chi connectivity index (χ2v) is 11.2. The van der Waals surface area contributed by atoms with Crippen LogP contribution in [0.25, 0.3) is 0 Å². The van der Waals surface area contributed by atoms with E-state index in [4.69, 9.17) is 0 Å². The summed E-state index contributed by atoms with van der Waals surface area (Å²) in [6.45, 7) is 8.61. The van der Waals surface area contributed by atoms with E-state index in [2.05, 4.69) is 75.1 Å². The smallest absolute Gasteiger partial charge is 0.258 e. The quantitative estimate of drug-likeness (QED) is 0.342. The number of aryl methyl sites for hydroxylation is 1. The van der Waals surface area contributed by atoms with Crippen molar-refractivity contribution in [2.45, 2.75) is 33.7 Å². The third-order valence-corrected chi connectivity index (χ3v) is 6.94. The summed E-state index contributed by atoms with van der Waals surface area (Å²) >= 11 is 6.18. The van der Waals surface area contributed by atoms with E-state index < -0.39 is 0 Å². The van der Waals surface area contributed by atoms with Gasteiger partial charge in [0.1, 0.15) is 0 Å². The molecule has 166 valence electrons. The molecule has 0 saturated carbocycles. The molecule has 0 fully saturated rings. The van der Waals surface area contributed by atoms with Crippen LogP contribution >= 0.6 is 39.0 Å². The topological polar surface area (TPSA) is 90.4 Å². The van der Waals surface area contributed by atoms with Crippen LogP contribution in [0.1, 0.15) is 46.9 Å². The number of hydrogen-bond acceptors (Lipinski definition) is 8. The van der Waals surface area contributed by atoms with E-state index in [1.54, 1.807) is 37.6 Å². The van der Waals surface area contributed by atoms with Gasteiger partial charge in [-0.15, -0.1) is 11.3 Å². The number of amides is 1. The number of carbonyl (C=O) groups excluding carboxylic acids is 1. The molecular weight excluding hydrogens is 498 g/mol. The Morgan fingerprint density at radius 3 is 2.42 bits per heavy atom. The van der Waals surface area contributed by atoms with Crippen LogP contribution in [0.4, 0.5) is 17.3 Å². The summed E-state index contributed by atoms with van der Waals surface area (Å²) in [7, 11) is 3.28. The summed E-state index contributed by atoms with van der Waals surface area (Å²) in [5.41, 5.74) is 0.501. The molecular formula is C21H26BrN5O2S2. The van der Waals surface area contributed by atoms with Crippen LogP contribution in [0, 0.1) is 12.3 Å². The van der Waals surface area contributed by atoms with Gasteiger partial charge in [0.2, 0.25) is 0 Å². The van der Waals surface area contributed by atoms with Crippen molar-refractivity contribution in [3.05, 3.63) is 44.1 Å². The molecule has 1 atom stereocenters. The number of nitrogens with zero attached hydrogens (tertiary/aromatic N) is 3. The van der Waals surface area contributed by atoms with Crippen LogP contribution in [-0.4, -0.2) is 38.8 Å². The standard InChI is InChI=1S/C21H26BrN5O2S2/c1-11-7-10-14(30-11)17(21(2,3)4)24-19-18(25-31-26-19)23-13-9-8-12(22)15(16(13)28)20(29)27(5)6/h7-10,17,28H,1-6H3,(H,23,25)(H,24,26)/t17-/m0/s1. The number of halogens is 1. The van der Waals surface area contributed by atoms with E-state index in [0.29, 0.717) is 21.8 Å². The van der Waals surface area contributed by atoms with Crippen molar-refractivity contribution < 1.29 is 9.90 Å². The Bertz CT molecular complexity index is 1090. The van der Waals surface area contributed by atoms with Gasteiger partial charge >= 0.3 is 0 Å². The van der Waals surface area contributed by atoms with E-state index in [0.717, 1.165) is 11.7 Å². The van der Waals surface area contributed by atoms with Crippen LogP contribution in [0.5, 0.6) is 5.75 Å². The third kappa shape index (κ3) is 5.19. The molecule has 0 spiro atoms. The molecule has 7 nitrogen and oxygen atoms in total. The zero-order chi connectivity index (χ0) is 22.9. The fraction of sp³-hybridized carbons (Fsp3) is 0.381. The highest BCUT2D eigenvalue weighted by Gasteiger charge is 2.29. The number of phenolic OH excluding ortho intramolecular Hbond substituents is 1. The lowest BCUT2D eigenvalue weighted by Crippen LogP contribution is -2.25. The average molecular weight is 525 g/mol. The van der Waals surface area contributed by atoms with Crippen molar-refractivity contribution in [3.8, 4) is 5.75 Å². The first kappa shape index (κ1) is 23.5. The molecule has 1 aromatic carbocycles. The van der Waals surface area contributed by atoms with Gasteiger partial charge in [-0.2, -0.15) is 8.75 Å². The lowest BCUT2D eigenvalue weighted by atomic mass is 9.86. The number of thiophene rings is 1. The van der Waals surface area contributed by atoms with Crippen LogP contribution in [-0.2, 0) is 0 Å². The Hall–Kier alpha value is -2.17. The minimum atomic E-state index is -0.302. The Morgan fingerprint density at radius 1 is 1.16 bits per heavy atom. The van der Waals surface area contributed by atoms with Crippen LogP contribution < -0.4 is 10.6 Å². The Labute approximate surface area is 199 Å². The lowest BCUT2D eigenvalue weighted by Gasteiger charge is -2.31. The molecule has 0 aliphatic carbocycles. The number of hydrogen-bond donors (Lipinski definition) is 3. The fourth-order valence-electron chi connectivity index (χ4n) is 3.05. The normalized spacial score (nSPS) is 12.5. The molecule has 3 aromatic rings. The number of anilines is 3. The van der Waals surface area contributed by atoms with Crippen LogP contribution in [0.15, 0.2) is 28.7 Å². The molecule has 3 N–H and O–H groups in total. The predicted molar refractivity (Wildman–Crippen MR) is 132 cm³/mol. The minimum absolute atomic E-state index is 0.0278. The second-order valence-electron chi connectivity index (χ2n) is 8.50. The molecule has 3 rings (SSSR count). The van der Waals surface area contributed by atoms with Gasteiger partial charge in [-0.1, -0.05) is 20.8 Å². The van der Waals surface area contributed by atoms with Gasteiger partial charge in [-0.3, -0.25) is 4.79 Å². The van der Waals surface area contributed by atoms with Gasteiger partial charge < -0.3 is 20.6 Å². The molecule has 2 aromatic heterocycles. The molecule has 0 radical (unpaired) electrons. The molecule has 2 heterocycles. The molecule has 10 heteroatoms. The highest BCUT2D eigenvalue weighted by Crippen LogP contribution is 2.41. The number of rotatable bonds is 6. The van der Waals surface area contributed by atoms with Gasteiger partial charge in [0.05, 0.1) is 29.0 Å². The second kappa shape index (κ2) is 9.13. The van der Waals surface area contributed by atoms with Gasteiger partial charge in [-0.05, 0) is 52.5 Å². The van der Waals surface area contributed by atoms with E-state index in [1.165, 1.54) is 14.7 Å². The van der Waals surface area contributed by atoms with Gasteiger partial charge in [0, 0.05) is 28.3 Å². The fourth-order valence-corrected chi connectivity index (χ4v) is 5.19. The molecule has 1 amide bonds. The Morgan fingerprint density at radius 2 is 1.84 bits per heavy atom. The monoisotopic (exact) mass is 523 g/mol. The van der Waals surface area contributed by atoms with Crippen molar-refractivity contribution in [2.24, 2.45) is 5.41 Å². The number of aromatic hydroxyl groups is 1. The number of nitrogens with one attached hydrogen (secondary N) is 2. The van der Waals surface area contributed by atoms with Crippen molar-refractivity contribution in [3.63, 3.8) is 0 Å². The number of phenols is 1. The van der Waals surface area contributed by atoms with Gasteiger partial charge in [-0.25, -0.2) is 0 Å². The molecule has 0 aliphatic heterocycles. The van der Waals surface area contributed by atoms with Crippen molar-refractivity contribution in [1.82, 2.24) is 13.6 Å². The summed E-state index contributed by atoms with van der Waals surface area (Å²) in [6.07, 6.45) is 0. The van der Waals surface area contributed by atoms with E-state index >= 15 is 0 Å². The van der Waals surface area contributed by atoms with Crippen LogP contribution in [0.2, 0.25) is 0 Å². The maximum absolute atomic E-state index is 12.5. The maximum atomic E-state index is 12.5. The zero-order valence-corrected chi connectivity index (χ0v) is 21.5. The largest absolute Gasteiger partial charge is 0.505 e. The maximum Gasteiger partial charge on any atom is 0.258 e. The highest BCUT2D eigenvalue weighted by atomic mass is 79.9. The first-order valence-electron chi connectivity index (χ1n) is 9.64. The number of carbonyl (C=O) groups is 1. The van der Waals surface area contributed by atoms with E-state index in [1.807, 2.05) is 0 Å². The van der Waals surface area contributed by atoms with Gasteiger partial charge in [0.15, 0.2) is 17.4 Å². The summed E-state index contributed by atoms with van der Waals surface area (Å²) in [6, 6.07) is 7.69. The van der Waals surface area contributed by atoms with E-state index in [-0.39, 0.29) is 28.7 Å². The molecule has 0 aliphatic rings. The third-order valence-electron chi connectivity index (χ3n) is 4.68. The highest BCUT2D eigenvalue weighted by molar-refractivity contribution is 9.10. The van der Waals surface area contributed by atoms with Crippen molar-refractivity contribution in [1.29, 1.82) is 0 Å². The number of benzene rings is 1. The zero-order valence-electron chi connectivity index (χ0n) is 18.3. The summed E-state index contributed by atoms with van der Waals surface area (Å²) in [5, 5.41) is 17.4. The first-order chi connectivity index (χ1) is 14.5. The summed E-state index contributed by atoms with van der Waals surface area (Å²) in [5.74, 6) is 0.643. The molecule has 0 unspecified atom stereocenters. The SMILES string of the molecule is Cc1ccc([C@H](Nc2nsnc2Nc2ccc(Br)c(C(=O)N(C)C)c2O)C(C)(C)C)s1. The molecule has 0 bridgehead atoms.